The second kappa shape index (κ2) is 7.80. The van der Waals surface area contributed by atoms with Crippen LogP contribution in [0.4, 0.5) is 0 Å². The molecule has 0 saturated heterocycles. The SMILES string of the molecule is CCC(CC)C(O)CNCc1ccnc(C#N)c1. The number of hydrogen-bond acceptors (Lipinski definition) is 4. The highest BCUT2D eigenvalue weighted by atomic mass is 16.3. The van der Waals surface area contributed by atoms with Gasteiger partial charge in [0.25, 0.3) is 0 Å². The lowest BCUT2D eigenvalue weighted by Gasteiger charge is -2.20. The maximum absolute atomic E-state index is 9.96. The first-order chi connectivity index (χ1) is 8.71. The van der Waals surface area contributed by atoms with Gasteiger partial charge < -0.3 is 10.4 Å². The molecule has 4 nitrogen and oxygen atoms in total. The van der Waals surface area contributed by atoms with E-state index in [0.29, 0.717) is 24.7 Å². The third-order valence-corrected chi connectivity index (χ3v) is 3.21. The van der Waals surface area contributed by atoms with Crippen molar-refractivity contribution in [1.29, 1.82) is 5.26 Å². The Morgan fingerprint density at radius 1 is 1.44 bits per heavy atom. The van der Waals surface area contributed by atoms with Crippen molar-refractivity contribution < 1.29 is 5.11 Å². The van der Waals surface area contributed by atoms with Crippen LogP contribution < -0.4 is 5.32 Å². The Morgan fingerprint density at radius 3 is 2.78 bits per heavy atom. The number of nitrogens with zero attached hydrogens (tertiary/aromatic N) is 2. The average molecular weight is 247 g/mol. The number of aliphatic hydroxyl groups is 1. The summed E-state index contributed by atoms with van der Waals surface area (Å²) in [6, 6.07) is 5.65. The van der Waals surface area contributed by atoms with Gasteiger partial charge in [-0.2, -0.15) is 5.26 Å². The maximum Gasteiger partial charge on any atom is 0.140 e. The molecular formula is C14H21N3O. The molecular weight excluding hydrogens is 226 g/mol. The Balaban J connectivity index is 2.39. The van der Waals surface area contributed by atoms with E-state index >= 15 is 0 Å². The zero-order valence-electron chi connectivity index (χ0n) is 11.1. The lowest BCUT2D eigenvalue weighted by atomic mass is 9.96. The fourth-order valence-corrected chi connectivity index (χ4v) is 2.01. The molecule has 0 aromatic carbocycles. The van der Waals surface area contributed by atoms with Crippen LogP contribution >= 0.6 is 0 Å². The van der Waals surface area contributed by atoms with Crippen LogP contribution in [0.15, 0.2) is 18.3 Å². The minimum atomic E-state index is -0.308. The van der Waals surface area contributed by atoms with E-state index in [-0.39, 0.29) is 6.10 Å². The summed E-state index contributed by atoms with van der Waals surface area (Å²) in [7, 11) is 0. The standard InChI is InChI=1S/C14H21N3O/c1-3-12(4-2)14(18)10-16-9-11-5-6-17-13(7-11)8-15/h5-7,12,14,16,18H,3-4,9-10H2,1-2H3. The van der Waals surface area contributed by atoms with E-state index in [1.165, 1.54) is 0 Å². The van der Waals surface area contributed by atoms with Crippen molar-refractivity contribution in [2.24, 2.45) is 5.92 Å². The lowest BCUT2D eigenvalue weighted by molar-refractivity contribution is 0.101. The first-order valence-corrected chi connectivity index (χ1v) is 6.45. The summed E-state index contributed by atoms with van der Waals surface area (Å²) in [5.41, 5.74) is 1.44. The van der Waals surface area contributed by atoms with Crippen molar-refractivity contribution in [1.82, 2.24) is 10.3 Å². The summed E-state index contributed by atoms with van der Waals surface area (Å²) >= 11 is 0. The second-order valence-corrected chi connectivity index (χ2v) is 4.44. The molecule has 0 spiro atoms. The molecule has 0 fully saturated rings. The molecule has 1 aromatic rings. The average Bonchev–Trinajstić information content (AvgIpc) is 2.40. The predicted octanol–water partition coefficient (Wildman–Crippen LogP) is 1.84. The molecule has 18 heavy (non-hydrogen) atoms. The maximum atomic E-state index is 9.96. The fraction of sp³-hybridized carbons (Fsp3) is 0.571. The van der Waals surface area contributed by atoms with Gasteiger partial charge in [-0.1, -0.05) is 26.7 Å². The third-order valence-electron chi connectivity index (χ3n) is 3.21. The van der Waals surface area contributed by atoms with Gasteiger partial charge in [0, 0.05) is 19.3 Å². The highest BCUT2D eigenvalue weighted by molar-refractivity contribution is 5.25. The summed E-state index contributed by atoms with van der Waals surface area (Å²) in [6.45, 7) is 5.42. The Bertz CT molecular complexity index is 396. The lowest BCUT2D eigenvalue weighted by Crippen LogP contribution is -2.32. The fourth-order valence-electron chi connectivity index (χ4n) is 2.01. The van der Waals surface area contributed by atoms with E-state index in [4.69, 9.17) is 5.26 Å². The first kappa shape index (κ1) is 14.6. The number of nitriles is 1. The van der Waals surface area contributed by atoms with E-state index in [0.717, 1.165) is 18.4 Å². The number of pyridine rings is 1. The molecule has 98 valence electrons. The van der Waals surface area contributed by atoms with E-state index in [1.807, 2.05) is 12.1 Å². The molecule has 0 aliphatic rings. The molecule has 1 rings (SSSR count). The number of aliphatic hydroxyl groups excluding tert-OH is 1. The van der Waals surface area contributed by atoms with E-state index in [2.05, 4.69) is 24.1 Å². The van der Waals surface area contributed by atoms with Crippen molar-refractivity contribution in [3.8, 4) is 6.07 Å². The highest BCUT2D eigenvalue weighted by Crippen LogP contribution is 2.12. The third kappa shape index (κ3) is 4.44. The number of hydrogen-bond donors (Lipinski definition) is 2. The minimum absolute atomic E-state index is 0.308. The van der Waals surface area contributed by atoms with Crippen molar-refractivity contribution in [2.45, 2.75) is 39.3 Å². The molecule has 1 heterocycles. The molecule has 4 heteroatoms. The molecule has 2 N–H and O–H groups in total. The zero-order valence-corrected chi connectivity index (χ0v) is 11.1. The van der Waals surface area contributed by atoms with Crippen LogP contribution in [0.1, 0.15) is 37.9 Å². The number of aromatic nitrogens is 1. The van der Waals surface area contributed by atoms with E-state index < -0.39 is 0 Å². The quantitative estimate of drug-likeness (QED) is 0.771. The van der Waals surface area contributed by atoms with Gasteiger partial charge in [0.2, 0.25) is 0 Å². The van der Waals surface area contributed by atoms with Gasteiger partial charge >= 0.3 is 0 Å². The number of rotatable bonds is 7. The van der Waals surface area contributed by atoms with Crippen molar-refractivity contribution in [3.05, 3.63) is 29.6 Å². The van der Waals surface area contributed by atoms with Gasteiger partial charge in [-0.25, -0.2) is 4.98 Å². The molecule has 0 aliphatic heterocycles. The molecule has 0 aliphatic carbocycles. The molecule has 1 unspecified atom stereocenters. The van der Waals surface area contributed by atoms with Crippen LogP contribution in [0.2, 0.25) is 0 Å². The van der Waals surface area contributed by atoms with Crippen molar-refractivity contribution in [3.63, 3.8) is 0 Å². The van der Waals surface area contributed by atoms with Crippen molar-refractivity contribution in [2.75, 3.05) is 6.54 Å². The Labute approximate surface area is 109 Å². The van der Waals surface area contributed by atoms with Gasteiger partial charge in [0.15, 0.2) is 0 Å². The highest BCUT2D eigenvalue weighted by Gasteiger charge is 2.14. The van der Waals surface area contributed by atoms with E-state index in [9.17, 15) is 5.11 Å². The minimum Gasteiger partial charge on any atom is -0.392 e. The molecule has 0 amide bonds. The predicted molar refractivity (Wildman–Crippen MR) is 70.7 cm³/mol. The Morgan fingerprint density at radius 2 is 2.17 bits per heavy atom. The summed E-state index contributed by atoms with van der Waals surface area (Å²) in [6.07, 6.45) is 3.31. The monoisotopic (exact) mass is 247 g/mol. The summed E-state index contributed by atoms with van der Waals surface area (Å²) in [5.74, 6) is 0.351. The normalized spacial score (nSPS) is 12.4. The van der Waals surface area contributed by atoms with Gasteiger partial charge in [-0.05, 0) is 23.6 Å². The van der Waals surface area contributed by atoms with Gasteiger partial charge in [0.05, 0.1) is 6.10 Å². The zero-order chi connectivity index (χ0) is 13.4. The molecule has 1 atom stereocenters. The largest absolute Gasteiger partial charge is 0.392 e. The Kier molecular flexibility index (Phi) is 6.34. The second-order valence-electron chi connectivity index (χ2n) is 4.44. The van der Waals surface area contributed by atoms with Gasteiger partial charge in [0.1, 0.15) is 11.8 Å². The number of nitrogens with one attached hydrogen (secondary N) is 1. The van der Waals surface area contributed by atoms with Crippen LogP contribution in [0.25, 0.3) is 0 Å². The van der Waals surface area contributed by atoms with Crippen LogP contribution in [-0.2, 0) is 6.54 Å². The topological polar surface area (TPSA) is 68.9 Å². The van der Waals surface area contributed by atoms with Crippen LogP contribution in [-0.4, -0.2) is 22.7 Å². The van der Waals surface area contributed by atoms with Crippen LogP contribution in [0.3, 0.4) is 0 Å². The molecule has 0 saturated carbocycles. The molecule has 0 bridgehead atoms. The van der Waals surface area contributed by atoms with E-state index in [1.54, 1.807) is 12.3 Å². The summed E-state index contributed by atoms with van der Waals surface area (Å²) in [4.78, 5) is 3.92. The first-order valence-electron chi connectivity index (χ1n) is 6.45. The molecule has 0 radical (unpaired) electrons. The van der Waals surface area contributed by atoms with Gasteiger partial charge in [-0.3, -0.25) is 0 Å². The Hall–Kier alpha value is -1.44. The molecule has 1 aromatic heterocycles. The smallest absolute Gasteiger partial charge is 0.140 e. The van der Waals surface area contributed by atoms with Crippen LogP contribution in [0, 0.1) is 17.2 Å². The van der Waals surface area contributed by atoms with Crippen molar-refractivity contribution >= 4 is 0 Å². The van der Waals surface area contributed by atoms with Crippen LogP contribution in [0.5, 0.6) is 0 Å². The summed E-state index contributed by atoms with van der Waals surface area (Å²) < 4.78 is 0. The summed E-state index contributed by atoms with van der Waals surface area (Å²) in [5, 5.41) is 21.9. The van der Waals surface area contributed by atoms with Gasteiger partial charge in [-0.15, -0.1) is 0 Å².